The Bertz CT molecular complexity index is 384. The van der Waals surface area contributed by atoms with Crippen LogP contribution in [0.1, 0.15) is 36.9 Å². The third-order valence-electron chi connectivity index (χ3n) is 3.63. The third-order valence-corrected chi connectivity index (χ3v) is 3.63. The minimum absolute atomic E-state index is 0.430. The zero-order valence-corrected chi connectivity index (χ0v) is 10.5. The fourth-order valence-corrected chi connectivity index (χ4v) is 2.49. The van der Waals surface area contributed by atoms with E-state index >= 15 is 0 Å². The van der Waals surface area contributed by atoms with Gasteiger partial charge in [-0.3, -0.25) is 4.68 Å². The van der Waals surface area contributed by atoms with E-state index in [1.54, 1.807) is 0 Å². The lowest BCUT2D eigenvalue weighted by Gasteiger charge is -2.21. The molecule has 0 amide bonds. The summed E-state index contributed by atoms with van der Waals surface area (Å²) < 4.78 is 7.69. The van der Waals surface area contributed by atoms with Crippen molar-refractivity contribution in [2.75, 3.05) is 19.8 Å². The molecule has 1 fully saturated rings. The summed E-state index contributed by atoms with van der Waals surface area (Å²) >= 11 is 0. The van der Waals surface area contributed by atoms with E-state index in [1.165, 1.54) is 24.1 Å². The molecule has 1 aliphatic heterocycles. The molecule has 4 heteroatoms. The van der Waals surface area contributed by atoms with Gasteiger partial charge in [-0.25, -0.2) is 0 Å². The highest BCUT2D eigenvalue weighted by Gasteiger charge is 2.26. The van der Waals surface area contributed by atoms with Gasteiger partial charge in [0.15, 0.2) is 0 Å². The maximum absolute atomic E-state index is 5.54. The lowest BCUT2D eigenvalue weighted by atomic mass is 9.99. The minimum atomic E-state index is 0.430. The zero-order chi connectivity index (χ0) is 11.7. The SMILES string of the molecule is CCOC[C@@H]1CNCc2cn(CC3CC3)nc21. The van der Waals surface area contributed by atoms with Crippen LogP contribution in [0.3, 0.4) is 0 Å². The Balaban J connectivity index is 1.73. The molecule has 0 unspecified atom stereocenters. The Morgan fingerprint density at radius 2 is 2.41 bits per heavy atom. The van der Waals surface area contributed by atoms with Crippen molar-refractivity contribution in [2.45, 2.75) is 38.8 Å². The van der Waals surface area contributed by atoms with Gasteiger partial charge in [0.05, 0.1) is 12.3 Å². The quantitative estimate of drug-likeness (QED) is 0.841. The molecule has 1 N–H and O–H groups in total. The van der Waals surface area contributed by atoms with E-state index in [4.69, 9.17) is 9.84 Å². The van der Waals surface area contributed by atoms with E-state index < -0.39 is 0 Å². The third kappa shape index (κ3) is 2.53. The smallest absolute Gasteiger partial charge is 0.0736 e. The number of fused-ring (bicyclic) bond motifs is 1. The highest BCUT2D eigenvalue weighted by atomic mass is 16.5. The van der Waals surface area contributed by atoms with Crippen LogP contribution in [0, 0.1) is 5.92 Å². The maximum Gasteiger partial charge on any atom is 0.0736 e. The molecule has 0 saturated heterocycles. The maximum atomic E-state index is 5.54. The summed E-state index contributed by atoms with van der Waals surface area (Å²) in [4.78, 5) is 0. The normalized spacial score (nSPS) is 23.7. The molecule has 1 atom stereocenters. The Kier molecular flexibility index (Phi) is 3.16. The molecule has 1 aliphatic carbocycles. The molecule has 0 radical (unpaired) electrons. The van der Waals surface area contributed by atoms with Crippen LogP contribution >= 0.6 is 0 Å². The van der Waals surface area contributed by atoms with Crippen molar-refractivity contribution in [2.24, 2.45) is 5.92 Å². The van der Waals surface area contributed by atoms with E-state index in [0.29, 0.717) is 5.92 Å². The molecule has 0 bridgehead atoms. The van der Waals surface area contributed by atoms with Gasteiger partial charge in [0.2, 0.25) is 0 Å². The van der Waals surface area contributed by atoms with Crippen LogP contribution in [0.25, 0.3) is 0 Å². The largest absolute Gasteiger partial charge is 0.381 e. The molecule has 1 aromatic heterocycles. The van der Waals surface area contributed by atoms with Crippen LogP contribution in [0.2, 0.25) is 0 Å². The molecular weight excluding hydrogens is 214 g/mol. The second-order valence-electron chi connectivity index (χ2n) is 5.19. The van der Waals surface area contributed by atoms with Gasteiger partial charge in [0.1, 0.15) is 0 Å². The van der Waals surface area contributed by atoms with Crippen molar-refractivity contribution in [3.8, 4) is 0 Å². The number of hydrogen-bond acceptors (Lipinski definition) is 3. The minimum Gasteiger partial charge on any atom is -0.381 e. The number of nitrogens with zero attached hydrogens (tertiary/aromatic N) is 2. The van der Waals surface area contributed by atoms with E-state index in [2.05, 4.69) is 16.2 Å². The van der Waals surface area contributed by atoms with Gasteiger partial charge in [0.25, 0.3) is 0 Å². The number of aromatic nitrogens is 2. The first-order valence-electron chi connectivity index (χ1n) is 6.71. The first kappa shape index (κ1) is 11.2. The Hall–Kier alpha value is -0.870. The molecular formula is C13H21N3O. The van der Waals surface area contributed by atoms with Crippen molar-refractivity contribution in [1.82, 2.24) is 15.1 Å². The zero-order valence-electron chi connectivity index (χ0n) is 10.5. The second kappa shape index (κ2) is 4.78. The van der Waals surface area contributed by atoms with Crippen LogP contribution in [0.15, 0.2) is 6.20 Å². The lowest BCUT2D eigenvalue weighted by Crippen LogP contribution is -2.30. The molecule has 0 aromatic carbocycles. The Morgan fingerprint density at radius 1 is 1.53 bits per heavy atom. The van der Waals surface area contributed by atoms with Crippen molar-refractivity contribution >= 4 is 0 Å². The van der Waals surface area contributed by atoms with Gasteiger partial charge < -0.3 is 10.1 Å². The molecule has 17 heavy (non-hydrogen) atoms. The van der Waals surface area contributed by atoms with E-state index in [9.17, 15) is 0 Å². The molecule has 2 heterocycles. The van der Waals surface area contributed by atoms with E-state index in [0.717, 1.165) is 38.8 Å². The predicted octanol–water partition coefficient (Wildman–Crippen LogP) is 1.52. The molecule has 1 aromatic rings. The van der Waals surface area contributed by atoms with E-state index in [-0.39, 0.29) is 0 Å². The van der Waals surface area contributed by atoms with Crippen molar-refractivity contribution < 1.29 is 4.74 Å². The first-order chi connectivity index (χ1) is 8.36. The van der Waals surface area contributed by atoms with Crippen molar-refractivity contribution in [3.05, 3.63) is 17.5 Å². The second-order valence-corrected chi connectivity index (χ2v) is 5.19. The summed E-state index contributed by atoms with van der Waals surface area (Å²) in [6.07, 6.45) is 4.98. The summed E-state index contributed by atoms with van der Waals surface area (Å²) in [7, 11) is 0. The average Bonchev–Trinajstić information content (AvgIpc) is 3.04. The highest BCUT2D eigenvalue weighted by Crippen LogP contribution is 2.31. The molecule has 3 rings (SSSR count). The fourth-order valence-electron chi connectivity index (χ4n) is 2.49. The number of nitrogens with one attached hydrogen (secondary N) is 1. The van der Waals surface area contributed by atoms with Crippen LogP contribution in [-0.2, 0) is 17.8 Å². The van der Waals surface area contributed by atoms with Crippen LogP contribution in [0.4, 0.5) is 0 Å². The average molecular weight is 235 g/mol. The summed E-state index contributed by atoms with van der Waals surface area (Å²) in [6.45, 7) is 6.68. The van der Waals surface area contributed by atoms with Crippen LogP contribution < -0.4 is 5.32 Å². The summed E-state index contributed by atoms with van der Waals surface area (Å²) in [5.74, 6) is 1.31. The topological polar surface area (TPSA) is 39.1 Å². The fraction of sp³-hybridized carbons (Fsp3) is 0.769. The van der Waals surface area contributed by atoms with Gasteiger partial charge in [-0.15, -0.1) is 0 Å². The standard InChI is InChI=1S/C13H21N3O/c1-2-17-9-12-6-14-5-11-8-16(15-13(11)12)7-10-3-4-10/h8,10,12,14H,2-7,9H2,1H3/t12-/m0/s1. The van der Waals surface area contributed by atoms with Gasteiger partial charge in [-0.1, -0.05) is 0 Å². The highest BCUT2D eigenvalue weighted by molar-refractivity contribution is 5.24. The lowest BCUT2D eigenvalue weighted by molar-refractivity contribution is 0.128. The number of hydrogen-bond donors (Lipinski definition) is 1. The number of rotatable bonds is 5. The molecule has 94 valence electrons. The molecule has 0 spiro atoms. The van der Waals surface area contributed by atoms with Crippen LogP contribution in [-0.4, -0.2) is 29.5 Å². The summed E-state index contributed by atoms with van der Waals surface area (Å²) in [5.41, 5.74) is 2.62. The van der Waals surface area contributed by atoms with Crippen molar-refractivity contribution in [1.29, 1.82) is 0 Å². The predicted molar refractivity (Wildman–Crippen MR) is 65.9 cm³/mol. The van der Waals surface area contributed by atoms with Crippen molar-refractivity contribution in [3.63, 3.8) is 0 Å². The van der Waals surface area contributed by atoms with Gasteiger partial charge in [-0.05, 0) is 25.7 Å². The summed E-state index contributed by atoms with van der Waals surface area (Å²) in [5, 5.41) is 8.21. The molecule has 2 aliphatic rings. The monoisotopic (exact) mass is 235 g/mol. The molecule has 4 nitrogen and oxygen atoms in total. The number of ether oxygens (including phenoxy) is 1. The Labute approximate surface area is 102 Å². The van der Waals surface area contributed by atoms with Gasteiger partial charge >= 0.3 is 0 Å². The van der Waals surface area contributed by atoms with E-state index in [1.807, 2.05) is 6.92 Å². The molecule has 1 saturated carbocycles. The summed E-state index contributed by atoms with van der Waals surface area (Å²) in [6, 6.07) is 0. The van der Waals surface area contributed by atoms with Gasteiger partial charge in [0, 0.05) is 43.9 Å². The first-order valence-corrected chi connectivity index (χ1v) is 6.71. The van der Waals surface area contributed by atoms with Gasteiger partial charge in [-0.2, -0.15) is 5.10 Å². The Morgan fingerprint density at radius 3 is 3.18 bits per heavy atom. The van der Waals surface area contributed by atoms with Crippen LogP contribution in [0.5, 0.6) is 0 Å².